The largest absolute Gasteiger partial charge is 0.329 e. The Morgan fingerprint density at radius 2 is 1.88 bits per heavy atom. The summed E-state index contributed by atoms with van der Waals surface area (Å²) in [5.41, 5.74) is 4.06. The molecule has 1 amide bonds. The quantitative estimate of drug-likeness (QED) is 0.355. The number of anilines is 1. The Morgan fingerprint density at radius 1 is 1.12 bits per heavy atom. The fourth-order valence-electron chi connectivity index (χ4n) is 3.20. The van der Waals surface area contributed by atoms with Crippen LogP contribution in [0.1, 0.15) is 11.1 Å². The van der Waals surface area contributed by atoms with Gasteiger partial charge in [-0.05, 0) is 43.2 Å². The smallest absolute Gasteiger partial charge is 0.281 e. The molecule has 168 valence electrons. The number of nitrogens with one attached hydrogen (secondary N) is 1. The van der Waals surface area contributed by atoms with E-state index in [0.717, 1.165) is 35.3 Å². The number of carbonyl (C=O) groups is 1. The monoisotopic (exact) mass is 500 g/mol. The standard InChI is InChI=1S/C11H6Cl2N2OS.C11H12N4O/c1-5-4-17-15-9-3-8(13)7(12)2-6(9)11(16)14-10(5)15;16-9-12-11-3-1-2-10(8-11)4-7-15-13-5-6-14-15/h2-4H,1H3;1-3,5-6,8-9H,4,7H2,(H,12,16). The van der Waals surface area contributed by atoms with E-state index in [4.69, 9.17) is 23.2 Å². The van der Waals surface area contributed by atoms with Gasteiger partial charge in [-0.25, -0.2) is 3.79 Å². The molecule has 0 unspecified atom stereocenters. The molecule has 1 N–H and O–H groups in total. The number of fused-ring (bicyclic) bond motifs is 3. The summed E-state index contributed by atoms with van der Waals surface area (Å²) in [6.07, 6.45) is 4.83. The molecule has 0 aliphatic rings. The van der Waals surface area contributed by atoms with Crippen molar-refractivity contribution < 1.29 is 4.79 Å². The Balaban J connectivity index is 0.000000157. The van der Waals surface area contributed by atoms with E-state index in [9.17, 15) is 9.59 Å². The molecule has 0 fully saturated rings. The van der Waals surface area contributed by atoms with Crippen LogP contribution in [0.4, 0.5) is 5.69 Å². The molecule has 11 heteroatoms. The molecule has 0 saturated carbocycles. The van der Waals surface area contributed by atoms with Gasteiger partial charge in [0.2, 0.25) is 6.41 Å². The van der Waals surface area contributed by atoms with Crippen molar-refractivity contribution in [3.63, 3.8) is 0 Å². The maximum absolute atomic E-state index is 11.9. The Kier molecular flexibility index (Phi) is 7.02. The molecule has 5 rings (SSSR count). The molecule has 5 aromatic rings. The highest BCUT2D eigenvalue weighted by molar-refractivity contribution is 7.05. The SMILES string of the molecule is Cc1csn2c1nc(=O)c1cc(Cl)c(Cl)cc12.O=CNc1cccc(CCn2nccn2)c1. The molecule has 3 heterocycles. The van der Waals surface area contributed by atoms with Crippen molar-refractivity contribution in [3.8, 4) is 0 Å². The van der Waals surface area contributed by atoms with Gasteiger partial charge in [-0.1, -0.05) is 46.9 Å². The predicted molar refractivity (Wildman–Crippen MR) is 131 cm³/mol. The number of amides is 1. The molecule has 3 aromatic heterocycles. The molecule has 8 nitrogen and oxygen atoms in total. The summed E-state index contributed by atoms with van der Waals surface area (Å²) in [6.45, 7) is 2.65. The first-order chi connectivity index (χ1) is 16.0. The minimum absolute atomic E-state index is 0.278. The second kappa shape index (κ2) is 10.1. The van der Waals surface area contributed by atoms with Crippen LogP contribution in [0.25, 0.3) is 16.6 Å². The number of hydrogen-bond acceptors (Lipinski definition) is 6. The van der Waals surface area contributed by atoms with Crippen LogP contribution in [-0.2, 0) is 17.8 Å². The van der Waals surface area contributed by atoms with E-state index in [1.807, 2.05) is 40.4 Å². The highest BCUT2D eigenvalue weighted by Crippen LogP contribution is 2.28. The van der Waals surface area contributed by atoms with Gasteiger partial charge >= 0.3 is 0 Å². The van der Waals surface area contributed by atoms with Crippen molar-refractivity contribution in [2.24, 2.45) is 0 Å². The third-order valence-corrected chi connectivity index (χ3v) is 6.56. The Morgan fingerprint density at radius 3 is 2.64 bits per heavy atom. The van der Waals surface area contributed by atoms with Crippen LogP contribution in [0.3, 0.4) is 0 Å². The number of halogens is 2. The van der Waals surface area contributed by atoms with Crippen molar-refractivity contribution in [3.05, 3.63) is 85.7 Å². The highest BCUT2D eigenvalue weighted by atomic mass is 35.5. The van der Waals surface area contributed by atoms with Gasteiger partial charge in [0.15, 0.2) is 5.65 Å². The predicted octanol–water partition coefficient (Wildman–Crippen LogP) is 4.61. The topological polar surface area (TPSA) is 94.2 Å². The second-order valence-electron chi connectivity index (χ2n) is 7.06. The summed E-state index contributed by atoms with van der Waals surface area (Å²) in [4.78, 5) is 27.9. The van der Waals surface area contributed by atoms with E-state index >= 15 is 0 Å². The van der Waals surface area contributed by atoms with Crippen LogP contribution in [0.15, 0.2) is 59.0 Å². The van der Waals surface area contributed by atoms with Crippen molar-refractivity contribution >= 4 is 63.4 Å². The number of benzene rings is 2. The molecule has 33 heavy (non-hydrogen) atoms. The first-order valence-electron chi connectivity index (χ1n) is 9.85. The number of nitrogens with zero attached hydrogens (tertiary/aromatic N) is 5. The van der Waals surface area contributed by atoms with Gasteiger partial charge in [0.25, 0.3) is 5.56 Å². The Labute approximate surface area is 202 Å². The molecule has 2 aromatic carbocycles. The first kappa shape index (κ1) is 22.9. The van der Waals surface area contributed by atoms with E-state index < -0.39 is 0 Å². The summed E-state index contributed by atoms with van der Waals surface area (Å²) in [5, 5.41) is 13.9. The Bertz CT molecular complexity index is 1480. The van der Waals surface area contributed by atoms with Crippen LogP contribution in [0.2, 0.25) is 10.0 Å². The minimum atomic E-state index is -0.278. The Hall–Kier alpha value is -3.27. The van der Waals surface area contributed by atoms with E-state index in [1.165, 1.54) is 11.5 Å². The van der Waals surface area contributed by atoms with Crippen LogP contribution < -0.4 is 10.9 Å². The minimum Gasteiger partial charge on any atom is -0.329 e. The normalized spacial score (nSPS) is 10.8. The van der Waals surface area contributed by atoms with Gasteiger partial charge in [-0.3, -0.25) is 9.59 Å². The zero-order valence-electron chi connectivity index (χ0n) is 17.4. The number of carbonyl (C=O) groups excluding carboxylic acids is 1. The number of aryl methyl sites for hydroxylation is 3. The third-order valence-electron chi connectivity index (χ3n) is 4.79. The lowest BCUT2D eigenvalue weighted by Crippen LogP contribution is -2.09. The number of aromatic nitrogens is 5. The lowest BCUT2D eigenvalue weighted by atomic mass is 10.1. The molecule has 0 aliphatic carbocycles. The third kappa shape index (κ3) is 5.22. The van der Waals surface area contributed by atoms with Crippen molar-refractivity contribution in [1.29, 1.82) is 0 Å². The van der Waals surface area contributed by atoms with Crippen molar-refractivity contribution in [2.45, 2.75) is 19.9 Å². The molecular weight excluding hydrogens is 483 g/mol. The van der Waals surface area contributed by atoms with Gasteiger partial charge in [-0.15, -0.1) is 0 Å². The van der Waals surface area contributed by atoms with Gasteiger partial charge < -0.3 is 5.32 Å². The van der Waals surface area contributed by atoms with E-state index in [1.54, 1.807) is 29.3 Å². The zero-order chi connectivity index (χ0) is 23.4. The van der Waals surface area contributed by atoms with Gasteiger partial charge in [0.1, 0.15) is 0 Å². The average Bonchev–Trinajstić information content (AvgIpc) is 3.45. The van der Waals surface area contributed by atoms with Gasteiger partial charge in [-0.2, -0.15) is 20.0 Å². The van der Waals surface area contributed by atoms with Gasteiger partial charge in [0, 0.05) is 16.6 Å². The summed E-state index contributed by atoms with van der Waals surface area (Å²) < 4.78 is 1.88. The molecule has 0 saturated heterocycles. The van der Waals surface area contributed by atoms with Crippen LogP contribution in [0, 0.1) is 6.92 Å². The van der Waals surface area contributed by atoms with E-state index in [-0.39, 0.29) is 5.56 Å². The van der Waals surface area contributed by atoms with E-state index in [0.29, 0.717) is 27.5 Å². The molecule has 0 radical (unpaired) electrons. The van der Waals surface area contributed by atoms with E-state index in [2.05, 4.69) is 20.5 Å². The van der Waals surface area contributed by atoms with Crippen molar-refractivity contribution in [2.75, 3.05) is 5.32 Å². The summed E-state index contributed by atoms with van der Waals surface area (Å²) >= 11 is 13.4. The molecule has 0 atom stereocenters. The van der Waals surface area contributed by atoms with Crippen LogP contribution in [-0.4, -0.2) is 30.2 Å². The van der Waals surface area contributed by atoms with Crippen LogP contribution >= 0.6 is 34.7 Å². The maximum atomic E-state index is 11.9. The fourth-order valence-corrected chi connectivity index (χ4v) is 4.44. The number of rotatable bonds is 5. The molecule has 0 bridgehead atoms. The molecular formula is C22H18Cl2N6O2S. The fraction of sp³-hybridized carbons (Fsp3) is 0.136. The summed E-state index contributed by atoms with van der Waals surface area (Å²) in [6, 6.07) is 11.0. The zero-order valence-corrected chi connectivity index (χ0v) is 19.7. The van der Waals surface area contributed by atoms with Crippen molar-refractivity contribution in [1.82, 2.24) is 23.8 Å². The second-order valence-corrected chi connectivity index (χ2v) is 8.69. The highest BCUT2D eigenvalue weighted by Gasteiger charge is 2.11. The number of hydrogen-bond donors (Lipinski definition) is 1. The molecule has 0 spiro atoms. The summed E-state index contributed by atoms with van der Waals surface area (Å²) in [7, 11) is 0. The lowest BCUT2D eigenvalue weighted by Gasteiger charge is -2.03. The lowest BCUT2D eigenvalue weighted by molar-refractivity contribution is -0.105. The average molecular weight is 501 g/mol. The van der Waals surface area contributed by atoms with Crippen LogP contribution in [0.5, 0.6) is 0 Å². The van der Waals surface area contributed by atoms with Gasteiger partial charge in [0.05, 0.1) is 39.9 Å². The first-order valence-corrected chi connectivity index (χ1v) is 11.4. The summed E-state index contributed by atoms with van der Waals surface area (Å²) in [5.74, 6) is 0. The molecule has 0 aliphatic heterocycles. The maximum Gasteiger partial charge on any atom is 0.281 e.